The fourth-order valence-electron chi connectivity index (χ4n) is 0.860. The van der Waals surface area contributed by atoms with E-state index in [1.165, 1.54) is 0 Å². The zero-order valence-electron chi connectivity index (χ0n) is 6.34. The van der Waals surface area contributed by atoms with Crippen molar-refractivity contribution < 1.29 is 14.7 Å². The molecule has 2 N–H and O–H groups in total. The summed E-state index contributed by atoms with van der Waals surface area (Å²) in [6.45, 7) is 3.20. The lowest BCUT2D eigenvalue weighted by atomic mass is 9.97. The zero-order valence-corrected chi connectivity index (χ0v) is 6.34. The Hall–Kier alpha value is -1.32. The largest absolute Gasteiger partial charge is 0.503 e. The lowest BCUT2D eigenvalue weighted by Crippen LogP contribution is -2.41. The Balaban J connectivity index is 3.08. The highest BCUT2D eigenvalue weighted by atomic mass is 16.3. The molecule has 0 radical (unpaired) electrons. The standard InChI is InChI=1S/C7H9NO3/c1-3-4(2)6(10)8-7(11)5(3)9/h4,9H,1-2H3,(H,8,10,11). The van der Waals surface area contributed by atoms with Gasteiger partial charge < -0.3 is 5.11 Å². The van der Waals surface area contributed by atoms with Crippen LogP contribution in [0.3, 0.4) is 0 Å². The van der Waals surface area contributed by atoms with Gasteiger partial charge in [0.15, 0.2) is 5.76 Å². The SMILES string of the molecule is CC1=C(O)C(=O)NC(=O)C1C. The first-order valence-corrected chi connectivity index (χ1v) is 3.29. The Morgan fingerprint density at radius 3 is 2.55 bits per heavy atom. The third-order valence-corrected chi connectivity index (χ3v) is 1.87. The lowest BCUT2D eigenvalue weighted by Gasteiger charge is -2.18. The van der Waals surface area contributed by atoms with Crippen molar-refractivity contribution in [1.82, 2.24) is 5.32 Å². The van der Waals surface area contributed by atoms with Crippen LogP contribution in [0.4, 0.5) is 0 Å². The summed E-state index contributed by atoms with van der Waals surface area (Å²) in [5, 5.41) is 11.1. The first-order valence-electron chi connectivity index (χ1n) is 3.29. The van der Waals surface area contributed by atoms with Gasteiger partial charge in [0, 0.05) is 0 Å². The van der Waals surface area contributed by atoms with E-state index in [1.807, 2.05) is 5.32 Å². The van der Waals surface area contributed by atoms with Gasteiger partial charge in [0.25, 0.3) is 5.91 Å². The number of nitrogens with one attached hydrogen (secondary N) is 1. The predicted molar refractivity (Wildman–Crippen MR) is 37.6 cm³/mol. The minimum absolute atomic E-state index is 0.336. The molecule has 0 spiro atoms. The van der Waals surface area contributed by atoms with Crippen LogP contribution in [0, 0.1) is 5.92 Å². The van der Waals surface area contributed by atoms with Crippen molar-refractivity contribution in [2.75, 3.05) is 0 Å². The van der Waals surface area contributed by atoms with Crippen molar-refractivity contribution in [1.29, 1.82) is 0 Å². The Kier molecular flexibility index (Phi) is 1.68. The fourth-order valence-corrected chi connectivity index (χ4v) is 0.860. The molecule has 0 bridgehead atoms. The Bertz CT molecular complexity index is 254. The topological polar surface area (TPSA) is 66.4 Å². The molecule has 2 amide bonds. The van der Waals surface area contributed by atoms with Crippen LogP contribution in [-0.4, -0.2) is 16.9 Å². The minimum Gasteiger partial charge on any atom is -0.503 e. The second-order valence-corrected chi connectivity index (χ2v) is 2.57. The third-order valence-electron chi connectivity index (χ3n) is 1.87. The first kappa shape index (κ1) is 7.78. The van der Waals surface area contributed by atoms with E-state index >= 15 is 0 Å². The molecule has 1 heterocycles. The maximum Gasteiger partial charge on any atom is 0.292 e. The van der Waals surface area contributed by atoms with Gasteiger partial charge in [-0.15, -0.1) is 0 Å². The molecule has 0 fully saturated rings. The summed E-state index contributed by atoms with van der Waals surface area (Å²) < 4.78 is 0. The monoisotopic (exact) mass is 155 g/mol. The van der Waals surface area contributed by atoms with Crippen molar-refractivity contribution in [2.45, 2.75) is 13.8 Å². The van der Waals surface area contributed by atoms with Crippen LogP contribution in [0.1, 0.15) is 13.8 Å². The molecule has 0 aliphatic carbocycles. The van der Waals surface area contributed by atoms with Crippen molar-refractivity contribution in [3.05, 3.63) is 11.3 Å². The molecular weight excluding hydrogens is 146 g/mol. The molecule has 1 atom stereocenters. The quantitative estimate of drug-likeness (QED) is 0.488. The van der Waals surface area contributed by atoms with Gasteiger partial charge >= 0.3 is 0 Å². The van der Waals surface area contributed by atoms with Gasteiger partial charge in [-0.3, -0.25) is 14.9 Å². The zero-order chi connectivity index (χ0) is 8.59. The van der Waals surface area contributed by atoms with Gasteiger partial charge in [-0.2, -0.15) is 0 Å². The molecule has 4 nitrogen and oxygen atoms in total. The van der Waals surface area contributed by atoms with E-state index in [2.05, 4.69) is 0 Å². The van der Waals surface area contributed by atoms with Gasteiger partial charge in [0.05, 0.1) is 5.92 Å². The molecule has 11 heavy (non-hydrogen) atoms. The molecule has 0 aromatic heterocycles. The smallest absolute Gasteiger partial charge is 0.292 e. The van der Waals surface area contributed by atoms with Crippen LogP contribution in [0.2, 0.25) is 0 Å². The normalized spacial score (nSPS) is 25.5. The molecule has 0 aromatic carbocycles. The average molecular weight is 155 g/mol. The summed E-state index contributed by atoms with van der Waals surface area (Å²) in [5.41, 5.74) is 0.429. The van der Waals surface area contributed by atoms with Gasteiger partial charge in [0.2, 0.25) is 5.91 Å². The van der Waals surface area contributed by atoms with Gasteiger partial charge in [-0.1, -0.05) is 0 Å². The molecular formula is C7H9NO3. The lowest BCUT2D eigenvalue weighted by molar-refractivity contribution is -0.132. The van der Waals surface area contributed by atoms with Crippen molar-refractivity contribution >= 4 is 11.8 Å². The average Bonchev–Trinajstić information content (AvgIpc) is 1.97. The van der Waals surface area contributed by atoms with E-state index in [0.29, 0.717) is 5.57 Å². The number of rotatable bonds is 0. The van der Waals surface area contributed by atoms with Gasteiger partial charge in [-0.25, -0.2) is 0 Å². The summed E-state index contributed by atoms with van der Waals surface area (Å²) in [6.07, 6.45) is 0. The molecule has 1 aliphatic rings. The number of amides is 2. The minimum atomic E-state index is -0.703. The molecule has 60 valence electrons. The molecule has 4 heteroatoms. The van der Waals surface area contributed by atoms with Crippen LogP contribution >= 0.6 is 0 Å². The van der Waals surface area contributed by atoms with Gasteiger partial charge in [0.1, 0.15) is 0 Å². The molecule has 0 saturated carbocycles. The third kappa shape index (κ3) is 1.11. The summed E-state index contributed by atoms with van der Waals surface area (Å²) in [7, 11) is 0. The van der Waals surface area contributed by atoms with Gasteiger partial charge in [-0.05, 0) is 19.4 Å². The number of carbonyl (C=O) groups is 2. The number of aliphatic hydroxyl groups excluding tert-OH is 1. The molecule has 0 aromatic rings. The molecule has 1 rings (SSSR count). The van der Waals surface area contributed by atoms with E-state index < -0.39 is 11.8 Å². The second-order valence-electron chi connectivity index (χ2n) is 2.57. The summed E-state index contributed by atoms with van der Waals surface area (Å²) in [5.74, 6) is -1.80. The number of hydrogen-bond acceptors (Lipinski definition) is 3. The van der Waals surface area contributed by atoms with E-state index in [1.54, 1.807) is 13.8 Å². The van der Waals surface area contributed by atoms with Crippen LogP contribution in [-0.2, 0) is 9.59 Å². The summed E-state index contributed by atoms with van der Waals surface area (Å²) in [6, 6.07) is 0. The Morgan fingerprint density at radius 2 is 2.00 bits per heavy atom. The van der Waals surface area contributed by atoms with E-state index in [9.17, 15) is 9.59 Å². The molecule has 1 aliphatic heterocycles. The Morgan fingerprint density at radius 1 is 1.45 bits per heavy atom. The van der Waals surface area contributed by atoms with Crippen molar-refractivity contribution in [3.63, 3.8) is 0 Å². The Labute approximate surface area is 63.9 Å². The maximum absolute atomic E-state index is 10.9. The van der Waals surface area contributed by atoms with Crippen LogP contribution in [0.15, 0.2) is 11.3 Å². The number of aliphatic hydroxyl groups is 1. The van der Waals surface area contributed by atoms with Crippen LogP contribution < -0.4 is 5.32 Å². The van der Waals surface area contributed by atoms with Crippen molar-refractivity contribution in [2.24, 2.45) is 5.92 Å². The van der Waals surface area contributed by atoms with Crippen molar-refractivity contribution in [3.8, 4) is 0 Å². The second kappa shape index (κ2) is 2.38. The van der Waals surface area contributed by atoms with Crippen LogP contribution in [0.5, 0.6) is 0 Å². The molecule has 1 unspecified atom stereocenters. The number of hydrogen-bond donors (Lipinski definition) is 2. The van der Waals surface area contributed by atoms with E-state index in [0.717, 1.165) is 0 Å². The number of imide groups is 1. The predicted octanol–water partition coefficient (Wildman–Crippen LogP) is 0.111. The highest BCUT2D eigenvalue weighted by Gasteiger charge is 2.28. The van der Waals surface area contributed by atoms with E-state index in [-0.39, 0.29) is 11.7 Å². The fraction of sp³-hybridized carbons (Fsp3) is 0.429. The highest BCUT2D eigenvalue weighted by Crippen LogP contribution is 2.17. The first-order chi connectivity index (χ1) is 5.04. The number of carbonyl (C=O) groups excluding carboxylic acids is 2. The highest BCUT2D eigenvalue weighted by molar-refractivity contribution is 6.07. The summed E-state index contributed by atoms with van der Waals surface area (Å²) >= 11 is 0. The van der Waals surface area contributed by atoms with Crippen LogP contribution in [0.25, 0.3) is 0 Å². The summed E-state index contributed by atoms with van der Waals surface area (Å²) in [4.78, 5) is 21.6. The van der Waals surface area contributed by atoms with E-state index in [4.69, 9.17) is 5.11 Å². The molecule has 0 saturated heterocycles. The maximum atomic E-state index is 10.9.